The summed E-state index contributed by atoms with van der Waals surface area (Å²) < 4.78 is 0. The van der Waals surface area contributed by atoms with Crippen LogP contribution in [0.15, 0.2) is 12.2 Å². The molecule has 0 saturated heterocycles. The second-order valence-electron chi connectivity index (χ2n) is 3.72. The lowest BCUT2D eigenvalue weighted by atomic mass is 9.95. The number of hydrogen-bond acceptors (Lipinski definition) is 1. The zero-order valence-electron chi connectivity index (χ0n) is 8.04. The summed E-state index contributed by atoms with van der Waals surface area (Å²) in [6, 6.07) is 0. The number of aliphatic hydroxyl groups is 1. The molecule has 0 spiro atoms. The topological polar surface area (TPSA) is 20.2 Å². The van der Waals surface area contributed by atoms with Gasteiger partial charge < -0.3 is 5.11 Å². The minimum atomic E-state index is 0.265. The Balaban J connectivity index is 3.87. The third-order valence-corrected chi connectivity index (χ3v) is 1.81. The molecule has 0 bridgehead atoms. The van der Waals surface area contributed by atoms with E-state index in [1.165, 1.54) is 0 Å². The largest absolute Gasteiger partial charge is 0.396 e. The minimum Gasteiger partial charge on any atom is -0.396 e. The molecule has 0 heterocycles. The van der Waals surface area contributed by atoms with Crippen molar-refractivity contribution >= 4 is 0 Å². The predicted molar refractivity (Wildman–Crippen MR) is 49.4 cm³/mol. The van der Waals surface area contributed by atoms with Crippen molar-refractivity contribution in [3.63, 3.8) is 0 Å². The molecule has 1 nitrogen and oxygen atoms in total. The first-order valence-electron chi connectivity index (χ1n) is 4.37. The van der Waals surface area contributed by atoms with Crippen LogP contribution in [0, 0.1) is 17.8 Å². The summed E-state index contributed by atoms with van der Waals surface area (Å²) in [5, 5.41) is 8.96. The number of aliphatic hydroxyl groups excluding tert-OH is 1. The maximum Gasteiger partial charge on any atom is 0.0496 e. The Labute approximate surface area is 70.1 Å². The van der Waals surface area contributed by atoms with E-state index in [4.69, 9.17) is 5.11 Å². The summed E-state index contributed by atoms with van der Waals surface area (Å²) >= 11 is 0. The predicted octanol–water partition coefficient (Wildman–Crippen LogP) is 2.46. The molecule has 11 heavy (non-hydrogen) atoms. The van der Waals surface area contributed by atoms with Crippen LogP contribution in [0.5, 0.6) is 0 Å². The van der Waals surface area contributed by atoms with Crippen LogP contribution < -0.4 is 0 Å². The van der Waals surface area contributed by atoms with Crippen molar-refractivity contribution in [2.24, 2.45) is 17.8 Å². The van der Waals surface area contributed by atoms with E-state index >= 15 is 0 Å². The molecular formula is C10H20O. The molecule has 0 radical (unpaired) electrons. The summed E-state index contributed by atoms with van der Waals surface area (Å²) in [7, 11) is 0. The van der Waals surface area contributed by atoms with Crippen LogP contribution >= 0.6 is 0 Å². The molecular weight excluding hydrogens is 136 g/mol. The fourth-order valence-corrected chi connectivity index (χ4v) is 0.859. The normalized spacial score (nSPS) is 15.2. The Kier molecular flexibility index (Phi) is 5.22. The lowest BCUT2D eigenvalue weighted by molar-refractivity contribution is 0.221. The Bertz CT molecular complexity index is 114. The highest BCUT2D eigenvalue weighted by Crippen LogP contribution is 2.12. The van der Waals surface area contributed by atoms with Gasteiger partial charge in [-0.25, -0.2) is 0 Å². The molecule has 1 unspecified atom stereocenters. The van der Waals surface area contributed by atoms with Gasteiger partial charge in [-0.3, -0.25) is 0 Å². The van der Waals surface area contributed by atoms with E-state index in [9.17, 15) is 0 Å². The van der Waals surface area contributed by atoms with E-state index < -0.39 is 0 Å². The van der Waals surface area contributed by atoms with Gasteiger partial charge in [-0.1, -0.05) is 39.8 Å². The van der Waals surface area contributed by atoms with Crippen molar-refractivity contribution in [1.29, 1.82) is 0 Å². The first-order valence-corrected chi connectivity index (χ1v) is 4.37. The van der Waals surface area contributed by atoms with Crippen LogP contribution in [-0.4, -0.2) is 11.7 Å². The average molecular weight is 156 g/mol. The zero-order valence-corrected chi connectivity index (χ0v) is 8.04. The van der Waals surface area contributed by atoms with Gasteiger partial charge in [0.1, 0.15) is 0 Å². The highest BCUT2D eigenvalue weighted by Gasteiger charge is 2.07. The summed E-state index contributed by atoms with van der Waals surface area (Å²) in [5.41, 5.74) is 0. The Morgan fingerprint density at radius 3 is 1.91 bits per heavy atom. The molecule has 0 aliphatic heterocycles. The molecule has 0 aliphatic rings. The molecule has 0 aromatic carbocycles. The van der Waals surface area contributed by atoms with Crippen LogP contribution in [0.3, 0.4) is 0 Å². The second kappa shape index (κ2) is 5.36. The molecule has 0 fully saturated rings. The van der Waals surface area contributed by atoms with Crippen molar-refractivity contribution in [2.75, 3.05) is 6.61 Å². The fraction of sp³-hybridized carbons (Fsp3) is 0.800. The second-order valence-corrected chi connectivity index (χ2v) is 3.72. The maximum atomic E-state index is 8.96. The number of rotatable bonds is 4. The third kappa shape index (κ3) is 5.02. The van der Waals surface area contributed by atoms with E-state index in [0.717, 1.165) is 0 Å². The Hall–Kier alpha value is -0.300. The van der Waals surface area contributed by atoms with E-state index in [1.807, 2.05) is 0 Å². The van der Waals surface area contributed by atoms with Gasteiger partial charge in [0.05, 0.1) is 0 Å². The summed E-state index contributed by atoms with van der Waals surface area (Å²) in [4.78, 5) is 0. The first-order chi connectivity index (χ1) is 5.07. The standard InChI is InChI=1S/C10H20O/c1-8(2)5-6-10(7-11)9(3)4/h5-6,8-11H,7H2,1-4H3/b6-5+. The van der Waals surface area contributed by atoms with Gasteiger partial charge in [-0.15, -0.1) is 0 Å². The lowest BCUT2D eigenvalue weighted by Gasteiger charge is -2.13. The molecule has 0 amide bonds. The van der Waals surface area contributed by atoms with E-state index in [1.54, 1.807) is 0 Å². The van der Waals surface area contributed by atoms with Crippen LogP contribution in [0.4, 0.5) is 0 Å². The number of allylic oxidation sites excluding steroid dienone is 1. The molecule has 1 N–H and O–H groups in total. The first kappa shape index (κ1) is 10.7. The average Bonchev–Trinajstić information content (AvgIpc) is 1.87. The Morgan fingerprint density at radius 1 is 1.09 bits per heavy atom. The van der Waals surface area contributed by atoms with Gasteiger partial charge in [-0.05, 0) is 11.8 Å². The SMILES string of the molecule is CC(C)/C=C/C(CO)C(C)C. The van der Waals surface area contributed by atoms with E-state index in [0.29, 0.717) is 17.8 Å². The van der Waals surface area contributed by atoms with Crippen molar-refractivity contribution < 1.29 is 5.11 Å². The molecule has 1 atom stereocenters. The summed E-state index contributed by atoms with van der Waals surface area (Å²) in [6.45, 7) is 8.81. The lowest BCUT2D eigenvalue weighted by Crippen LogP contribution is -2.10. The van der Waals surface area contributed by atoms with Crippen molar-refractivity contribution in [3.8, 4) is 0 Å². The molecule has 1 heteroatoms. The van der Waals surface area contributed by atoms with E-state index in [2.05, 4.69) is 39.8 Å². The van der Waals surface area contributed by atoms with Crippen molar-refractivity contribution in [1.82, 2.24) is 0 Å². The minimum absolute atomic E-state index is 0.265. The quantitative estimate of drug-likeness (QED) is 0.620. The molecule has 66 valence electrons. The summed E-state index contributed by atoms with van der Waals surface area (Å²) in [6.07, 6.45) is 4.27. The molecule has 0 rings (SSSR count). The van der Waals surface area contributed by atoms with Gasteiger partial charge >= 0.3 is 0 Å². The van der Waals surface area contributed by atoms with Gasteiger partial charge in [0.15, 0.2) is 0 Å². The highest BCUT2D eigenvalue weighted by molar-refractivity contribution is 4.91. The Morgan fingerprint density at radius 2 is 1.64 bits per heavy atom. The van der Waals surface area contributed by atoms with Crippen LogP contribution in [-0.2, 0) is 0 Å². The molecule has 0 aromatic rings. The van der Waals surface area contributed by atoms with Crippen LogP contribution in [0.25, 0.3) is 0 Å². The van der Waals surface area contributed by atoms with Gasteiger partial charge in [0.2, 0.25) is 0 Å². The van der Waals surface area contributed by atoms with Crippen molar-refractivity contribution in [3.05, 3.63) is 12.2 Å². The van der Waals surface area contributed by atoms with Gasteiger partial charge in [0.25, 0.3) is 0 Å². The monoisotopic (exact) mass is 156 g/mol. The van der Waals surface area contributed by atoms with Crippen molar-refractivity contribution in [2.45, 2.75) is 27.7 Å². The van der Waals surface area contributed by atoms with E-state index in [-0.39, 0.29) is 6.61 Å². The molecule has 0 aliphatic carbocycles. The molecule has 0 aromatic heterocycles. The van der Waals surface area contributed by atoms with Crippen LogP contribution in [0.1, 0.15) is 27.7 Å². The highest BCUT2D eigenvalue weighted by atomic mass is 16.3. The zero-order chi connectivity index (χ0) is 8.85. The fourth-order valence-electron chi connectivity index (χ4n) is 0.859. The molecule has 0 saturated carbocycles. The maximum absolute atomic E-state index is 8.96. The summed E-state index contributed by atoms with van der Waals surface area (Å²) in [5.74, 6) is 1.45. The van der Waals surface area contributed by atoms with Crippen LogP contribution in [0.2, 0.25) is 0 Å². The number of hydrogen-bond donors (Lipinski definition) is 1. The van der Waals surface area contributed by atoms with Gasteiger partial charge in [-0.2, -0.15) is 0 Å². The third-order valence-electron chi connectivity index (χ3n) is 1.81. The smallest absolute Gasteiger partial charge is 0.0496 e. The van der Waals surface area contributed by atoms with Gasteiger partial charge in [0, 0.05) is 12.5 Å².